The first-order chi connectivity index (χ1) is 14.8. The lowest BCUT2D eigenvalue weighted by Crippen LogP contribution is -2.18. The molecule has 0 bridgehead atoms. The average Bonchev–Trinajstić information content (AvgIpc) is 3.43. The number of thiazole rings is 1. The predicted molar refractivity (Wildman–Crippen MR) is 119 cm³/mol. The van der Waals surface area contributed by atoms with Crippen molar-refractivity contribution >= 4 is 32.5 Å². The minimum Gasteiger partial charge on any atom is -0.467 e. The molecular formula is C22H22N6OS. The molecule has 0 amide bonds. The molecule has 0 aliphatic carbocycles. The van der Waals surface area contributed by atoms with Crippen molar-refractivity contribution in [3.05, 3.63) is 54.5 Å². The number of likely N-dealkylation sites (tertiary alicyclic amines) is 1. The van der Waals surface area contributed by atoms with Crippen LogP contribution in [0.15, 0.2) is 48.9 Å². The summed E-state index contributed by atoms with van der Waals surface area (Å²) in [5.74, 6) is 0.828. The highest BCUT2D eigenvalue weighted by Crippen LogP contribution is 2.31. The van der Waals surface area contributed by atoms with Crippen LogP contribution in [-0.4, -0.2) is 45.0 Å². The highest BCUT2D eigenvalue weighted by molar-refractivity contribution is 7.22. The molecular weight excluding hydrogens is 396 g/mol. The van der Waals surface area contributed by atoms with Crippen molar-refractivity contribution in [1.82, 2.24) is 24.8 Å². The molecule has 1 saturated heterocycles. The number of methoxy groups -OCH3 is 1. The summed E-state index contributed by atoms with van der Waals surface area (Å²) in [6.45, 7) is 3.35. The molecule has 0 spiro atoms. The number of anilines is 2. The molecule has 1 aliphatic heterocycles. The SMILES string of the molecule is COc1ncc(-c2ccc3nc(Nc4cc(CN5CCCC5)ccn4)sc3c2)cn1. The first kappa shape index (κ1) is 18.9. The molecule has 4 heterocycles. The maximum atomic E-state index is 5.03. The van der Waals surface area contributed by atoms with Crippen LogP contribution >= 0.6 is 11.3 Å². The Morgan fingerprint density at radius 2 is 1.87 bits per heavy atom. The van der Waals surface area contributed by atoms with E-state index in [9.17, 15) is 0 Å². The van der Waals surface area contributed by atoms with Crippen LogP contribution in [0.1, 0.15) is 18.4 Å². The summed E-state index contributed by atoms with van der Waals surface area (Å²) in [5, 5.41) is 4.20. The zero-order valence-corrected chi connectivity index (χ0v) is 17.5. The normalized spacial score (nSPS) is 14.3. The summed E-state index contributed by atoms with van der Waals surface area (Å²) in [6, 6.07) is 10.7. The van der Waals surface area contributed by atoms with E-state index in [1.54, 1.807) is 30.8 Å². The minimum absolute atomic E-state index is 0.364. The molecule has 1 aliphatic rings. The molecule has 3 aromatic heterocycles. The second-order valence-corrected chi connectivity index (χ2v) is 8.35. The Bertz CT molecular complexity index is 1150. The van der Waals surface area contributed by atoms with Gasteiger partial charge < -0.3 is 10.1 Å². The van der Waals surface area contributed by atoms with Crippen LogP contribution in [0.2, 0.25) is 0 Å². The summed E-state index contributed by atoms with van der Waals surface area (Å²) < 4.78 is 6.13. The lowest BCUT2D eigenvalue weighted by Gasteiger charge is -2.14. The van der Waals surface area contributed by atoms with E-state index in [-0.39, 0.29) is 0 Å². The van der Waals surface area contributed by atoms with E-state index in [4.69, 9.17) is 9.72 Å². The number of hydrogen-bond acceptors (Lipinski definition) is 8. The van der Waals surface area contributed by atoms with Gasteiger partial charge in [0.2, 0.25) is 0 Å². The number of nitrogens with zero attached hydrogens (tertiary/aromatic N) is 5. The Kier molecular flexibility index (Phi) is 5.25. The van der Waals surface area contributed by atoms with Gasteiger partial charge in [0.25, 0.3) is 0 Å². The number of hydrogen-bond donors (Lipinski definition) is 1. The monoisotopic (exact) mass is 418 g/mol. The van der Waals surface area contributed by atoms with E-state index < -0.39 is 0 Å². The quantitative estimate of drug-likeness (QED) is 0.494. The Labute approximate surface area is 178 Å². The van der Waals surface area contributed by atoms with Gasteiger partial charge in [-0.25, -0.2) is 19.9 Å². The number of pyridine rings is 1. The number of aromatic nitrogens is 4. The number of benzene rings is 1. The van der Waals surface area contributed by atoms with Gasteiger partial charge in [0.15, 0.2) is 5.13 Å². The van der Waals surface area contributed by atoms with Crippen LogP contribution in [0.5, 0.6) is 6.01 Å². The predicted octanol–water partition coefficient (Wildman–Crippen LogP) is 4.50. The van der Waals surface area contributed by atoms with Crippen LogP contribution in [0.25, 0.3) is 21.3 Å². The molecule has 0 saturated carbocycles. The summed E-state index contributed by atoms with van der Waals surface area (Å²) in [5.41, 5.74) is 4.22. The van der Waals surface area contributed by atoms with Gasteiger partial charge in [-0.05, 0) is 61.3 Å². The van der Waals surface area contributed by atoms with E-state index in [0.717, 1.165) is 38.8 Å². The van der Waals surface area contributed by atoms with Gasteiger partial charge in [0, 0.05) is 30.7 Å². The van der Waals surface area contributed by atoms with Crippen LogP contribution in [0, 0.1) is 0 Å². The largest absolute Gasteiger partial charge is 0.467 e. The second kappa shape index (κ2) is 8.33. The van der Waals surface area contributed by atoms with E-state index in [2.05, 4.69) is 43.4 Å². The van der Waals surface area contributed by atoms with Gasteiger partial charge in [0.1, 0.15) is 5.82 Å². The zero-order chi connectivity index (χ0) is 20.3. The van der Waals surface area contributed by atoms with Crippen molar-refractivity contribution < 1.29 is 4.74 Å². The molecule has 8 heteroatoms. The van der Waals surface area contributed by atoms with Crippen LogP contribution in [-0.2, 0) is 6.54 Å². The van der Waals surface area contributed by atoms with Crippen molar-refractivity contribution in [3.63, 3.8) is 0 Å². The fraction of sp³-hybridized carbons (Fsp3) is 0.273. The van der Waals surface area contributed by atoms with Gasteiger partial charge in [-0.3, -0.25) is 4.90 Å². The standard InChI is InChI=1S/C22H22N6OS/c1-29-21-24-12-17(13-25-21)16-4-5-18-19(11-16)30-22(26-18)27-20-10-15(6-7-23-20)14-28-8-2-3-9-28/h4-7,10-13H,2-3,8-9,14H2,1H3,(H,23,26,27). The first-order valence-electron chi connectivity index (χ1n) is 9.98. The van der Waals surface area contributed by atoms with E-state index in [1.165, 1.54) is 31.5 Å². The molecule has 7 nitrogen and oxygen atoms in total. The third kappa shape index (κ3) is 4.10. The average molecular weight is 419 g/mol. The van der Waals surface area contributed by atoms with Crippen molar-refractivity contribution in [2.75, 3.05) is 25.5 Å². The lowest BCUT2D eigenvalue weighted by molar-refractivity contribution is 0.331. The molecule has 152 valence electrons. The van der Waals surface area contributed by atoms with E-state index in [0.29, 0.717) is 6.01 Å². The van der Waals surface area contributed by atoms with Crippen LogP contribution < -0.4 is 10.1 Å². The fourth-order valence-electron chi connectivity index (χ4n) is 3.68. The summed E-state index contributed by atoms with van der Waals surface area (Å²) in [4.78, 5) is 20.0. The number of ether oxygens (including phenoxy) is 1. The Balaban J connectivity index is 1.35. The van der Waals surface area contributed by atoms with E-state index >= 15 is 0 Å². The molecule has 5 rings (SSSR count). The summed E-state index contributed by atoms with van der Waals surface area (Å²) >= 11 is 1.61. The Morgan fingerprint density at radius 3 is 2.67 bits per heavy atom. The maximum absolute atomic E-state index is 5.03. The third-order valence-electron chi connectivity index (χ3n) is 5.20. The highest BCUT2D eigenvalue weighted by atomic mass is 32.1. The maximum Gasteiger partial charge on any atom is 0.316 e. The molecule has 30 heavy (non-hydrogen) atoms. The molecule has 1 N–H and O–H groups in total. The summed E-state index contributed by atoms with van der Waals surface area (Å²) in [7, 11) is 1.56. The molecule has 1 aromatic carbocycles. The van der Waals surface area contributed by atoms with Crippen LogP contribution in [0.4, 0.5) is 10.9 Å². The topological polar surface area (TPSA) is 76.1 Å². The number of fused-ring (bicyclic) bond motifs is 1. The van der Waals surface area contributed by atoms with Gasteiger partial charge >= 0.3 is 6.01 Å². The van der Waals surface area contributed by atoms with Gasteiger partial charge in [-0.1, -0.05) is 17.4 Å². The summed E-state index contributed by atoms with van der Waals surface area (Å²) in [6.07, 6.45) is 7.99. The number of rotatable bonds is 6. The van der Waals surface area contributed by atoms with Crippen molar-refractivity contribution in [1.29, 1.82) is 0 Å². The van der Waals surface area contributed by atoms with Gasteiger partial charge in [0.05, 0.1) is 17.3 Å². The van der Waals surface area contributed by atoms with Crippen molar-refractivity contribution in [3.8, 4) is 17.1 Å². The van der Waals surface area contributed by atoms with Crippen LogP contribution in [0.3, 0.4) is 0 Å². The molecule has 4 aromatic rings. The van der Waals surface area contributed by atoms with Crippen molar-refractivity contribution in [2.45, 2.75) is 19.4 Å². The molecule has 0 unspecified atom stereocenters. The lowest BCUT2D eigenvalue weighted by atomic mass is 10.1. The highest BCUT2D eigenvalue weighted by Gasteiger charge is 2.12. The number of nitrogens with one attached hydrogen (secondary N) is 1. The Hall–Kier alpha value is -3.10. The third-order valence-corrected chi connectivity index (χ3v) is 6.13. The van der Waals surface area contributed by atoms with E-state index in [1.807, 2.05) is 18.3 Å². The fourth-order valence-corrected chi connectivity index (χ4v) is 4.59. The second-order valence-electron chi connectivity index (χ2n) is 7.32. The Morgan fingerprint density at radius 1 is 1.03 bits per heavy atom. The minimum atomic E-state index is 0.364. The first-order valence-corrected chi connectivity index (χ1v) is 10.8. The molecule has 0 radical (unpaired) electrons. The van der Waals surface area contributed by atoms with Crippen molar-refractivity contribution in [2.24, 2.45) is 0 Å². The van der Waals surface area contributed by atoms with Gasteiger partial charge in [-0.2, -0.15) is 0 Å². The van der Waals surface area contributed by atoms with Gasteiger partial charge in [-0.15, -0.1) is 0 Å². The zero-order valence-electron chi connectivity index (χ0n) is 16.7. The molecule has 0 atom stereocenters. The molecule has 1 fully saturated rings. The smallest absolute Gasteiger partial charge is 0.316 e.